The van der Waals surface area contributed by atoms with Gasteiger partial charge in [0.2, 0.25) is 0 Å². The number of amides is 2. The fourth-order valence-electron chi connectivity index (χ4n) is 1.75. The van der Waals surface area contributed by atoms with E-state index in [2.05, 4.69) is 15.6 Å². The lowest BCUT2D eigenvalue weighted by atomic mass is 10.2. The minimum atomic E-state index is -0.230. The van der Waals surface area contributed by atoms with Crippen LogP contribution in [0, 0.1) is 0 Å². The molecule has 0 unspecified atom stereocenters. The second-order valence-electron chi connectivity index (χ2n) is 4.53. The Morgan fingerprint density at radius 1 is 1.05 bits per heavy atom. The van der Waals surface area contributed by atoms with Gasteiger partial charge in [0.25, 0.3) is 11.8 Å². The normalized spacial score (nSPS) is 9.95. The third-order valence-corrected chi connectivity index (χ3v) is 2.86. The van der Waals surface area contributed by atoms with E-state index in [4.69, 9.17) is 0 Å². The van der Waals surface area contributed by atoms with Crippen LogP contribution >= 0.6 is 0 Å². The molecule has 0 saturated heterocycles. The molecule has 0 aliphatic carbocycles. The fourth-order valence-corrected chi connectivity index (χ4v) is 1.75. The van der Waals surface area contributed by atoms with Gasteiger partial charge in [-0.15, -0.1) is 0 Å². The van der Waals surface area contributed by atoms with Gasteiger partial charge in [-0.1, -0.05) is 6.92 Å². The lowest BCUT2D eigenvalue weighted by Gasteiger charge is -2.07. The van der Waals surface area contributed by atoms with Crippen molar-refractivity contribution in [1.29, 1.82) is 0 Å². The van der Waals surface area contributed by atoms with Crippen LogP contribution in [-0.4, -0.2) is 23.3 Å². The van der Waals surface area contributed by atoms with Crippen LogP contribution in [0.2, 0.25) is 0 Å². The van der Waals surface area contributed by atoms with Crippen molar-refractivity contribution in [1.82, 2.24) is 10.3 Å². The van der Waals surface area contributed by atoms with Crippen molar-refractivity contribution < 1.29 is 9.59 Å². The van der Waals surface area contributed by atoms with Gasteiger partial charge < -0.3 is 10.6 Å². The van der Waals surface area contributed by atoms with Crippen molar-refractivity contribution in [2.75, 3.05) is 11.9 Å². The maximum absolute atomic E-state index is 11.9. The summed E-state index contributed by atoms with van der Waals surface area (Å²) >= 11 is 0. The first-order chi connectivity index (χ1) is 10.2. The molecule has 2 rings (SSSR count). The van der Waals surface area contributed by atoms with Crippen LogP contribution in [0.15, 0.2) is 48.8 Å². The van der Waals surface area contributed by atoms with E-state index >= 15 is 0 Å². The average Bonchev–Trinajstić information content (AvgIpc) is 2.54. The molecule has 1 heterocycles. The van der Waals surface area contributed by atoms with E-state index in [9.17, 15) is 9.59 Å². The number of carbonyl (C=O) groups excluding carboxylic acids is 2. The molecule has 1 aromatic heterocycles. The Kier molecular flexibility index (Phi) is 5.04. The summed E-state index contributed by atoms with van der Waals surface area (Å²) in [6.07, 6.45) is 4.01. The summed E-state index contributed by atoms with van der Waals surface area (Å²) in [6, 6.07) is 10.2. The lowest BCUT2D eigenvalue weighted by Crippen LogP contribution is -2.23. The third-order valence-electron chi connectivity index (χ3n) is 2.86. The molecule has 2 aromatic rings. The van der Waals surface area contributed by atoms with E-state index in [1.807, 2.05) is 6.92 Å². The molecule has 1 aromatic carbocycles. The second-order valence-corrected chi connectivity index (χ2v) is 4.53. The Morgan fingerprint density at radius 3 is 2.43 bits per heavy atom. The highest BCUT2D eigenvalue weighted by Gasteiger charge is 2.07. The zero-order valence-electron chi connectivity index (χ0n) is 11.8. The molecule has 0 aliphatic heterocycles. The summed E-state index contributed by atoms with van der Waals surface area (Å²) in [7, 11) is 0. The van der Waals surface area contributed by atoms with E-state index in [1.54, 1.807) is 42.6 Å². The van der Waals surface area contributed by atoms with E-state index < -0.39 is 0 Å². The van der Waals surface area contributed by atoms with Crippen LogP contribution < -0.4 is 10.6 Å². The minimum Gasteiger partial charge on any atom is -0.352 e. The number of hydrogen-bond donors (Lipinski definition) is 2. The number of aromatic nitrogens is 1. The first-order valence-corrected chi connectivity index (χ1v) is 6.80. The highest BCUT2D eigenvalue weighted by Crippen LogP contribution is 2.11. The fraction of sp³-hybridized carbons (Fsp3) is 0.188. The largest absolute Gasteiger partial charge is 0.352 e. The van der Waals surface area contributed by atoms with Crippen LogP contribution in [0.5, 0.6) is 0 Å². The Balaban J connectivity index is 1.99. The smallest absolute Gasteiger partial charge is 0.257 e. The van der Waals surface area contributed by atoms with Crippen LogP contribution in [0.25, 0.3) is 0 Å². The van der Waals surface area contributed by atoms with Gasteiger partial charge in [-0.25, -0.2) is 0 Å². The summed E-state index contributed by atoms with van der Waals surface area (Å²) in [4.78, 5) is 27.6. The van der Waals surface area contributed by atoms with Crippen LogP contribution in [-0.2, 0) is 0 Å². The van der Waals surface area contributed by atoms with Crippen molar-refractivity contribution >= 4 is 17.5 Å². The second kappa shape index (κ2) is 7.19. The number of benzene rings is 1. The Hall–Kier alpha value is -2.69. The van der Waals surface area contributed by atoms with E-state index in [0.29, 0.717) is 23.4 Å². The van der Waals surface area contributed by atoms with Gasteiger partial charge >= 0.3 is 0 Å². The van der Waals surface area contributed by atoms with Crippen molar-refractivity contribution in [3.8, 4) is 0 Å². The zero-order valence-corrected chi connectivity index (χ0v) is 11.8. The van der Waals surface area contributed by atoms with Crippen LogP contribution in [0.1, 0.15) is 34.1 Å². The lowest BCUT2D eigenvalue weighted by molar-refractivity contribution is 0.0953. The number of hydrogen-bond acceptors (Lipinski definition) is 3. The molecule has 2 N–H and O–H groups in total. The Labute approximate surface area is 123 Å². The first-order valence-electron chi connectivity index (χ1n) is 6.80. The molecular weight excluding hydrogens is 266 g/mol. The molecule has 0 radical (unpaired) electrons. The molecule has 5 nitrogen and oxygen atoms in total. The number of nitrogens with zero attached hydrogens (tertiary/aromatic N) is 1. The van der Waals surface area contributed by atoms with E-state index in [0.717, 1.165) is 6.42 Å². The van der Waals surface area contributed by atoms with Gasteiger partial charge in [-0.2, -0.15) is 0 Å². The van der Waals surface area contributed by atoms with Gasteiger partial charge in [-0.3, -0.25) is 14.6 Å². The molecule has 0 spiro atoms. The molecule has 0 saturated carbocycles. The summed E-state index contributed by atoms with van der Waals surface area (Å²) in [5.41, 5.74) is 1.70. The van der Waals surface area contributed by atoms with E-state index in [1.165, 1.54) is 6.20 Å². The van der Waals surface area contributed by atoms with Crippen molar-refractivity contribution in [2.45, 2.75) is 13.3 Å². The Morgan fingerprint density at radius 2 is 1.81 bits per heavy atom. The molecule has 0 bridgehead atoms. The maximum atomic E-state index is 11.9. The SMILES string of the molecule is CCCNC(=O)c1ccc(NC(=O)c2cccnc2)cc1. The third kappa shape index (κ3) is 4.14. The first kappa shape index (κ1) is 14.7. The summed E-state index contributed by atoms with van der Waals surface area (Å²) in [6.45, 7) is 2.65. The number of anilines is 1. The van der Waals surface area contributed by atoms with Gasteiger partial charge in [0.1, 0.15) is 0 Å². The molecule has 21 heavy (non-hydrogen) atoms. The standard InChI is InChI=1S/C16H17N3O2/c1-2-9-18-15(20)12-5-7-14(8-6-12)19-16(21)13-4-3-10-17-11-13/h3-8,10-11H,2,9H2,1H3,(H,18,20)(H,19,21). The summed E-state index contributed by atoms with van der Waals surface area (Å²) < 4.78 is 0. The average molecular weight is 283 g/mol. The highest BCUT2D eigenvalue weighted by molar-refractivity contribution is 6.04. The number of nitrogens with one attached hydrogen (secondary N) is 2. The predicted molar refractivity (Wildman–Crippen MR) is 81.3 cm³/mol. The molecule has 2 amide bonds. The van der Waals surface area contributed by atoms with Crippen molar-refractivity contribution in [3.63, 3.8) is 0 Å². The monoisotopic (exact) mass is 283 g/mol. The molecule has 0 aliphatic rings. The zero-order chi connectivity index (χ0) is 15.1. The van der Waals surface area contributed by atoms with Gasteiger partial charge in [-0.05, 0) is 42.8 Å². The maximum Gasteiger partial charge on any atom is 0.257 e. The Bertz CT molecular complexity index is 609. The quantitative estimate of drug-likeness (QED) is 0.885. The van der Waals surface area contributed by atoms with Gasteiger partial charge in [0.05, 0.1) is 5.56 Å². The van der Waals surface area contributed by atoms with Crippen molar-refractivity contribution in [2.24, 2.45) is 0 Å². The summed E-state index contributed by atoms with van der Waals surface area (Å²) in [5, 5.41) is 5.56. The molecule has 0 atom stereocenters. The van der Waals surface area contributed by atoms with Crippen molar-refractivity contribution in [3.05, 3.63) is 59.9 Å². The topological polar surface area (TPSA) is 71.1 Å². The molecule has 0 fully saturated rings. The molecule has 5 heteroatoms. The molecular formula is C16H17N3O2. The summed E-state index contributed by atoms with van der Waals surface area (Å²) in [5.74, 6) is -0.340. The van der Waals surface area contributed by atoms with E-state index in [-0.39, 0.29) is 11.8 Å². The number of rotatable bonds is 5. The van der Waals surface area contributed by atoms with Crippen LogP contribution in [0.4, 0.5) is 5.69 Å². The van der Waals surface area contributed by atoms with Gasteiger partial charge in [0, 0.05) is 30.2 Å². The minimum absolute atomic E-state index is 0.109. The number of pyridine rings is 1. The van der Waals surface area contributed by atoms with Crippen LogP contribution in [0.3, 0.4) is 0 Å². The predicted octanol–water partition coefficient (Wildman–Crippen LogP) is 2.47. The molecule has 108 valence electrons. The highest BCUT2D eigenvalue weighted by atomic mass is 16.2. The van der Waals surface area contributed by atoms with Gasteiger partial charge in [0.15, 0.2) is 0 Å². The number of carbonyl (C=O) groups is 2.